The monoisotopic (exact) mass is 379 g/mol. The molecule has 2 aromatic carbocycles. The molecule has 4 nitrogen and oxygen atoms in total. The summed E-state index contributed by atoms with van der Waals surface area (Å²) in [5, 5.41) is 4.21. The van der Waals surface area contributed by atoms with Gasteiger partial charge in [-0.3, -0.25) is 9.48 Å². The van der Waals surface area contributed by atoms with Gasteiger partial charge < -0.3 is 4.90 Å². The molecule has 146 valence electrons. The first-order valence-corrected chi connectivity index (χ1v) is 9.76. The minimum Gasteiger partial charge on any atom is -0.334 e. The van der Waals surface area contributed by atoms with Crippen molar-refractivity contribution in [2.75, 3.05) is 6.54 Å². The first-order chi connectivity index (χ1) is 13.7. The second-order valence-corrected chi connectivity index (χ2v) is 6.96. The van der Waals surface area contributed by atoms with Gasteiger partial charge >= 0.3 is 0 Å². The molecule has 5 heteroatoms. The van der Waals surface area contributed by atoms with Crippen molar-refractivity contribution in [2.24, 2.45) is 0 Å². The Morgan fingerprint density at radius 3 is 2.39 bits per heavy atom. The molecule has 0 bridgehead atoms. The van der Waals surface area contributed by atoms with Crippen LogP contribution in [0.4, 0.5) is 4.39 Å². The number of carbonyl (C=O) groups is 1. The standard InChI is InChI=1S/C23H26FN3O/c1-2-3-4-15-26(17-19-8-12-22(24)13-9-19)23(28)21-10-6-20(7-11-21)18-27-16-5-14-25-27/h5-14,16H,2-4,15,17-18H2,1H3. The molecule has 0 radical (unpaired) electrons. The molecule has 0 aliphatic rings. The lowest BCUT2D eigenvalue weighted by atomic mass is 10.1. The summed E-state index contributed by atoms with van der Waals surface area (Å²) in [7, 11) is 0. The number of nitrogens with zero attached hydrogens (tertiary/aromatic N) is 3. The number of amides is 1. The van der Waals surface area contributed by atoms with Gasteiger partial charge in [0.1, 0.15) is 5.82 Å². The van der Waals surface area contributed by atoms with E-state index in [2.05, 4.69) is 12.0 Å². The van der Waals surface area contributed by atoms with E-state index in [0.29, 0.717) is 25.2 Å². The zero-order chi connectivity index (χ0) is 19.8. The molecule has 0 atom stereocenters. The minimum atomic E-state index is -0.264. The molecule has 0 saturated carbocycles. The second kappa shape index (κ2) is 9.83. The average molecular weight is 379 g/mol. The van der Waals surface area contributed by atoms with Gasteiger partial charge in [-0.25, -0.2) is 4.39 Å². The van der Waals surface area contributed by atoms with E-state index in [-0.39, 0.29) is 11.7 Å². The fourth-order valence-corrected chi connectivity index (χ4v) is 3.13. The summed E-state index contributed by atoms with van der Waals surface area (Å²) >= 11 is 0. The zero-order valence-corrected chi connectivity index (χ0v) is 16.2. The number of hydrogen-bond donors (Lipinski definition) is 0. The van der Waals surface area contributed by atoms with E-state index in [4.69, 9.17) is 0 Å². The first-order valence-electron chi connectivity index (χ1n) is 9.76. The van der Waals surface area contributed by atoms with Gasteiger partial charge in [0.05, 0.1) is 6.54 Å². The molecule has 0 spiro atoms. The van der Waals surface area contributed by atoms with Gasteiger partial charge in [-0.1, -0.05) is 44.0 Å². The first kappa shape index (κ1) is 19.8. The maximum absolute atomic E-state index is 13.2. The van der Waals surface area contributed by atoms with Crippen molar-refractivity contribution in [1.82, 2.24) is 14.7 Å². The Hall–Kier alpha value is -2.95. The highest BCUT2D eigenvalue weighted by atomic mass is 19.1. The van der Waals surface area contributed by atoms with Gasteiger partial charge in [0.2, 0.25) is 0 Å². The van der Waals surface area contributed by atoms with Crippen LogP contribution in [-0.4, -0.2) is 27.1 Å². The predicted molar refractivity (Wildman–Crippen MR) is 108 cm³/mol. The summed E-state index contributed by atoms with van der Waals surface area (Å²) in [6, 6.07) is 15.9. The number of carbonyl (C=O) groups excluding carboxylic acids is 1. The van der Waals surface area contributed by atoms with Crippen LogP contribution in [0.2, 0.25) is 0 Å². The summed E-state index contributed by atoms with van der Waals surface area (Å²) in [6.07, 6.45) is 6.80. The summed E-state index contributed by atoms with van der Waals surface area (Å²) in [4.78, 5) is 14.9. The lowest BCUT2D eigenvalue weighted by Gasteiger charge is -2.23. The van der Waals surface area contributed by atoms with E-state index < -0.39 is 0 Å². The van der Waals surface area contributed by atoms with E-state index in [1.54, 1.807) is 18.3 Å². The van der Waals surface area contributed by atoms with Gasteiger partial charge in [0.25, 0.3) is 5.91 Å². The average Bonchev–Trinajstić information content (AvgIpc) is 3.22. The van der Waals surface area contributed by atoms with Crippen molar-refractivity contribution in [3.8, 4) is 0 Å². The third-order valence-corrected chi connectivity index (χ3v) is 4.71. The molecule has 3 aromatic rings. The molecule has 0 fully saturated rings. The number of rotatable bonds is 9. The predicted octanol–water partition coefficient (Wildman–Crippen LogP) is 4.90. The van der Waals surface area contributed by atoms with Crippen LogP contribution < -0.4 is 0 Å². The molecule has 0 N–H and O–H groups in total. The third kappa shape index (κ3) is 5.52. The molecule has 1 aromatic heterocycles. The maximum atomic E-state index is 13.2. The van der Waals surface area contributed by atoms with E-state index in [0.717, 1.165) is 30.4 Å². The van der Waals surface area contributed by atoms with Crippen molar-refractivity contribution in [1.29, 1.82) is 0 Å². The largest absolute Gasteiger partial charge is 0.334 e. The van der Waals surface area contributed by atoms with Crippen LogP contribution in [-0.2, 0) is 13.1 Å². The Morgan fingerprint density at radius 2 is 1.75 bits per heavy atom. The number of aromatic nitrogens is 2. The number of hydrogen-bond acceptors (Lipinski definition) is 2. The zero-order valence-electron chi connectivity index (χ0n) is 16.2. The SMILES string of the molecule is CCCCCN(Cc1ccc(F)cc1)C(=O)c1ccc(Cn2cccn2)cc1. The molecule has 0 aliphatic heterocycles. The van der Waals surface area contributed by atoms with Crippen LogP contribution in [0.15, 0.2) is 67.0 Å². The summed E-state index contributed by atoms with van der Waals surface area (Å²) < 4.78 is 15.0. The van der Waals surface area contributed by atoms with Gasteiger partial charge in [-0.15, -0.1) is 0 Å². The van der Waals surface area contributed by atoms with Crippen molar-refractivity contribution >= 4 is 5.91 Å². The Kier molecular flexibility index (Phi) is 6.95. The molecular weight excluding hydrogens is 353 g/mol. The molecule has 0 aliphatic carbocycles. The van der Waals surface area contributed by atoms with Gasteiger partial charge in [-0.05, 0) is 47.9 Å². The van der Waals surface area contributed by atoms with Crippen molar-refractivity contribution in [2.45, 2.75) is 39.3 Å². The summed E-state index contributed by atoms with van der Waals surface area (Å²) in [5.74, 6) is -0.258. The van der Waals surface area contributed by atoms with Crippen LogP contribution in [0, 0.1) is 5.82 Å². The number of benzene rings is 2. The lowest BCUT2D eigenvalue weighted by Crippen LogP contribution is -2.31. The molecule has 1 amide bonds. The molecule has 3 rings (SSSR count). The van der Waals surface area contributed by atoms with Crippen molar-refractivity contribution < 1.29 is 9.18 Å². The van der Waals surface area contributed by atoms with E-state index in [1.807, 2.05) is 46.1 Å². The Morgan fingerprint density at radius 1 is 1.04 bits per heavy atom. The van der Waals surface area contributed by atoms with Gasteiger partial charge in [0.15, 0.2) is 0 Å². The number of unbranched alkanes of at least 4 members (excludes halogenated alkanes) is 2. The minimum absolute atomic E-state index is 0.00562. The van der Waals surface area contributed by atoms with Crippen LogP contribution in [0.3, 0.4) is 0 Å². The highest BCUT2D eigenvalue weighted by Gasteiger charge is 2.16. The fraction of sp³-hybridized carbons (Fsp3) is 0.304. The summed E-state index contributed by atoms with van der Waals surface area (Å²) in [6.45, 7) is 4.00. The fourth-order valence-electron chi connectivity index (χ4n) is 3.13. The molecule has 0 saturated heterocycles. The van der Waals surface area contributed by atoms with E-state index >= 15 is 0 Å². The van der Waals surface area contributed by atoms with Crippen molar-refractivity contribution in [3.63, 3.8) is 0 Å². The Labute approximate surface area is 165 Å². The van der Waals surface area contributed by atoms with E-state index in [1.165, 1.54) is 12.1 Å². The Balaban J connectivity index is 1.70. The Bertz CT molecular complexity index is 858. The molecule has 1 heterocycles. The lowest BCUT2D eigenvalue weighted by molar-refractivity contribution is 0.0740. The molecule has 0 unspecified atom stereocenters. The highest BCUT2D eigenvalue weighted by Crippen LogP contribution is 2.14. The third-order valence-electron chi connectivity index (χ3n) is 4.71. The quantitative estimate of drug-likeness (QED) is 0.496. The van der Waals surface area contributed by atoms with Crippen LogP contribution in [0.1, 0.15) is 47.7 Å². The summed E-state index contributed by atoms with van der Waals surface area (Å²) in [5.41, 5.74) is 2.70. The van der Waals surface area contributed by atoms with Gasteiger partial charge in [-0.2, -0.15) is 5.10 Å². The highest BCUT2D eigenvalue weighted by molar-refractivity contribution is 5.94. The van der Waals surface area contributed by atoms with Crippen molar-refractivity contribution in [3.05, 3.63) is 89.5 Å². The molecular formula is C23H26FN3O. The second-order valence-electron chi connectivity index (χ2n) is 6.96. The topological polar surface area (TPSA) is 38.1 Å². The number of halogens is 1. The van der Waals surface area contributed by atoms with Gasteiger partial charge in [0, 0.05) is 31.0 Å². The maximum Gasteiger partial charge on any atom is 0.254 e. The molecule has 28 heavy (non-hydrogen) atoms. The van der Waals surface area contributed by atoms with Crippen LogP contribution >= 0.6 is 0 Å². The van der Waals surface area contributed by atoms with E-state index in [9.17, 15) is 9.18 Å². The normalized spacial score (nSPS) is 10.8. The van der Waals surface area contributed by atoms with Crippen LogP contribution in [0.5, 0.6) is 0 Å². The smallest absolute Gasteiger partial charge is 0.254 e. The van der Waals surface area contributed by atoms with Crippen LogP contribution in [0.25, 0.3) is 0 Å².